The highest BCUT2D eigenvalue weighted by Crippen LogP contribution is 2.13. The fraction of sp³-hybridized carbons (Fsp3) is 0.929. The van der Waals surface area contributed by atoms with E-state index >= 15 is 0 Å². The Kier molecular flexibility index (Phi) is 8.20. The molecule has 0 amide bonds. The van der Waals surface area contributed by atoms with Crippen molar-refractivity contribution in [3.8, 4) is 0 Å². The molecule has 0 aromatic heterocycles. The number of hydrogen-bond acceptors (Lipinski definition) is 3. The van der Waals surface area contributed by atoms with E-state index in [2.05, 4.69) is 31.1 Å². The molecule has 0 saturated carbocycles. The molecule has 0 aliphatic carbocycles. The first-order valence-corrected chi connectivity index (χ1v) is 6.98. The van der Waals surface area contributed by atoms with Crippen molar-refractivity contribution in [1.82, 2.24) is 10.2 Å². The molecule has 1 unspecified atom stereocenters. The van der Waals surface area contributed by atoms with Crippen LogP contribution in [-0.4, -0.2) is 48.2 Å². The van der Waals surface area contributed by atoms with Crippen molar-refractivity contribution in [2.45, 2.75) is 52.5 Å². The van der Waals surface area contributed by atoms with Crippen LogP contribution in [0.15, 0.2) is 0 Å². The summed E-state index contributed by atoms with van der Waals surface area (Å²) < 4.78 is 0. The summed E-state index contributed by atoms with van der Waals surface area (Å²) >= 11 is 0. The van der Waals surface area contributed by atoms with E-state index in [0.717, 1.165) is 32.5 Å². The summed E-state index contributed by atoms with van der Waals surface area (Å²) in [6.45, 7) is 11.0. The molecular weight excluding hydrogens is 228 g/mol. The zero-order valence-electron chi connectivity index (χ0n) is 12.6. The largest absolute Gasteiger partial charge is 0.480 e. The Morgan fingerprint density at radius 1 is 1.44 bits per heavy atom. The normalized spacial score (nSPS) is 15.1. The number of hydrogen-bond donors (Lipinski definition) is 2. The van der Waals surface area contributed by atoms with Gasteiger partial charge in [0.05, 0.1) is 0 Å². The first kappa shape index (κ1) is 17.4. The summed E-state index contributed by atoms with van der Waals surface area (Å²) in [5.41, 5.74) is -0.783. The smallest absolute Gasteiger partial charge is 0.323 e. The van der Waals surface area contributed by atoms with Crippen LogP contribution in [0.2, 0.25) is 0 Å². The van der Waals surface area contributed by atoms with E-state index in [-0.39, 0.29) is 0 Å². The third-order valence-corrected chi connectivity index (χ3v) is 3.13. The van der Waals surface area contributed by atoms with Gasteiger partial charge in [0.15, 0.2) is 0 Å². The van der Waals surface area contributed by atoms with Crippen LogP contribution < -0.4 is 5.32 Å². The lowest BCUT2D eigenvalue weighted by molar-refractivity contribution is -0.144. The van der Waals surface area contributed by atoms with Crippen LogP contribution in [0.4, 0.5) is 0 Å². The Labute approximate surface area is 112 Å². The van der Waals surface area contributed by atoms with Gasteiger partial charge in [0, 0.05) is 6.54 Å². The summed E-state index contributed by atoms with van der Waals surface area (Å²) in [5, 5.41) is 12.4. The molecule has 0 rings (SSSR count). The number of carboxylic acid groups (broad SMARTS) is 1. The zero-order valence-corrected chi connectivity index (χ0v) is 12.6. The molecule has 0 aliphatic heterocycles. The third-order valence-electron chi connectivity index (χ3n) is 3.13. The lowest BCUT2D eigenvalue weighted by atomic mass is 9.95. The maximum atomic E-state index is 11.3. The maximum Gasteiger partial charge on any atom is 0.323 e. The second-order valence-corrected chi connectivity index (χ2v) is 5.82. The van der Waals surface area contributed by atoms with E-state index in [0.29, 0.717) is 12.3 Å². The predicted molar refractivity (Wildman–Crippen MR) is 75.9 cm³/mol. The molecule has 0 bridgehead atoms. The number of rotatable bonds is 10. The molecule has 0 aromatic carbocycles. The number of aliphatic carboxylic acids is 1. The average molecular weight is 258 g/mol. The topological polar surface area (TPSA) is 52.6 Å². The van der Waals surface area contributed by atoms with Gasteiger partial charge in [-0.1, -0.05) is 20.8 Å². The van der Waals surface area contributed by atoms with Crippen molar-refractivity contribution in [1.29, 1.82) is 0 Å². The molecule has 0 heterocycles. The number of nitrogens with zero attached hydrogens (tertiary/aromatic N) is 1. The standard InChI is InChI=1S/C14H30N2O2/c1-6-9-15-14(4,13(17)18)8-7-10-16(5)11-12(2)3/h12,15H,6-11H2,1-5H3,(H,17,18). The summed E-state index contributed by atoms with van der Waals surface area (Å²) in [6.07, 6.45) is 2.53. The van der Waals surface area contributed by atoms with Crippen molar-refractivity contribution < 1.29 is 9.90 Å². The average Bonchev–Trinajstić information content (AvgIpc) is 2.25. The van der Waals surface area contributed by atoms with E-state index in [1.807, 2.05) is 6.92 Å². The molecule has 0 spiro atoms. The van der Waals surface area contributed by atoms with Gasteiger partial charge in [-0.15, -0.1) is 0 Å². The first-order valence-electron chi connectivity index (χ1n) is 6.98. The summed E-state index contributed by atoms with van der Waals surface area (Å²) in [7, 11) is 2.09. The van der Waals surface area contributed by atoms with Crippen LogP contribution in [0.1, 0.15) is 47.0 Å². The molecular formula is C14H30N2O2. The Hall–Kier alpha value is -0.610. The molecule has 108 valence electrons. The van der Waals surface area contributed by atoms with Crippen molar-refractivity contribution in [2.24, 2.45) is 5.92 Å². The van der Waals surface area contributed by atoms with Gasteiger partial charge < -0.3 is 15.3 Å². The Morgan fingerprint density at radius 2 is 2.06 bits per heavy atom. The first-order chi connectivity index (χ1) is 8.31. The molecule has 4 nitrogen and oxygen atoms in total. The van der Waals surface area contributed by atoms with Crippen LogP contribution in [0, 0.1) is 5.92 Å². The van der Waals surface area contributed by atoms with E-state index in [4.69, 9.17) is 0 Å². The SMILES string of the molecule is CCCNC(C)(CCCN(C)CC(C)C)C(=O)O. The van der Waals surface area contributed by atoms with Gasteiger partial charge in [0.25, 0.3) is 0 Å². The Bertz CT molecular complexity index is 244. The molecule has 0 aromatic rings. The summed E-state index contributed by atoms with van der Waals surface area (Å²) in [6, 6.07) is 0. The molecule has 4 heteroatoms. The maximum absolute atomic E-state index is 11.3. The van der Waals surface area contributed by atoms with E-state index in [1.54, 1.807) is 6.92 Å². The molecule has 1 atom stereocenters. The molecule has 0 aliphatic rings. The van der Waals surface area contributed by atoms with E-state index < -0.39 is 11.5 Å². The third kappa shape index (κ3) is 6.97. The zero-order chi connectivity index (χ0) is 14.2. The van der Waals surface area contributed by atoms with E-state index in [9.17, 15) is 9.90 Å². The quantitative estimate of drug-likeness (QED) is 0.631. The molecule has 18 heavy (non-hydrogen) atoms. The van der Waals surface area contributed by atoms with Crippen LogP contribution >= 0.6 is 0 Å². The lowest BCUT2D eigenvalue weighted by Crippen LogP contribution is -2.50. The molecule has 0 saturated heterocycles. The summed E-state index contributed by atoms with van der Waals surface area (Å²) in [5.74, 6) is -0.0958. The summed E-state index contributed by atoms with van der Waals surface area (Å²) in [4.78, 5) is 13.6. The van der Waals surface area contributed by atoms with Crippen molar-refractivity contribution in [3.63, 3.8) is 0 Å². The highest BCUT2D eigenvalue weighted by Gasteiger charge is 2.31. The van der Waals surface area contributed by atoms with Crippen molar-refractivity contribution in [2.75, 3.05) is 26.7 Å². The Morgan fingerprint density at radius 3 is 2.50 bits per heavy atom. The fourth-order valence-corrected chi connectivity index (χ4v) is 2.09. The molecule has 0 fully saturated rings. The van der Waals surface area contributed by atoms with Crippen molar-refractivity contribution in [3.05, 3.63) is 0 Å². The van der Waals surface area contributed by atoms with Crippen LogP contribution in [0.3, 0.4) is 0 Å². The highest BCUT2D eigenvalue weighted by molar-refractivity contribution is 5.78. The highest BCUT2D eigenvalue weighted by atomic mass is 16.4. The van der Waals surface area contributed by atoms with Gasteiger partial charge in [-0.2, -0.15) is 0 Å². The van der Waals surface area contributed by atoms with Gasteiger partial charge in [0.2, 0.25) is 0 Å². The van der Waals surface area contributed by atoms with Crippen LogP contribution in [0.5, 0.6) is 0 Å². The Balaban J connectivity index is 4.08. The minimum absolute atomic E-state index is 0.652. The second kappa shape index (κ2) is 8.48. The van der Waals surface area contributed by atoms with Crippen LogP contribution in [0.25, 0.3) is 0 Å². The second-order valence-electron chi connectivity index (χ2n) is 5.82. The van der Waals surface area contributed by atoms with Gasteiger partial charge in [0.1, 0.15) is 5.54 Å². The van der Waals surface area contributed by atoms with Gasteiger partial charge in [-0.25, -0.2) is 0 Å². The fourth-order valence-electron chi connectivity index (χ4n) is 2.09. The molecule has 2 N–H and O–H groups in total. The monoisotopic (exact) mass is 258 g/mol. The van der Waals surface area contributed by atoms with Gasteiger partial charge >= 0.3 is 5.97 Å². The minimum Gasteiger partial charge on any atom is -0.480 e. The predicted octanol–water partition coefficient (Wildman–Crippen LogP) is 2.20. The van der Waals surface area contributed by atoms with E-state index in [1.165, 1.54) is 0 Å². The van der Waals surface area contributed by atoms with Crippen LogP contribution in [-0.2, 0) is 4.79 Å². The van der Waals surface area contributed by atoms with Gasteiger partial charge in [-0.3, -0.25) is 4.79 Å². The van der Waals surface area contributed by atoms with Gasteiger partial charge in [-0.05, 0) is 52.2 Å². The van der Waals surface area contributed by atoms with Crippen molar-refractivity contribution >= 4 is 5.97 Å². The number of carbonyl (C=O) groups is 1. The molecule has 0 radical (unpaired) electrons. The number of nitrogens with one attached hydrogen (secondary N) is 1. The number of carboxylic acids is 1. The lowest BCUT2D eigenvalue weighted by Gasteiger charge is -2.27. The minimum atomic E-state index is -0.783.